The van der Waals surface area contributed by atoms with Gasteiger partial charge in [-0.25, -0.2) is 0 Å². The quantitative estimate of drug-likeness (QED) is 0.573. The van der Waals surface area contributed by atoms with Crippen LogP contribution in [0.3, 0.4) is 0 Å². The van der Waals surface area contributed by atoms with Crippen molar-refractivity contribution in [3.63, 3.8) is 0 Å². The van der Waals surface area contributed by atoms with E-state index in [1.165, 1.54) is 0 Å². The van der Waals surface area contributed by atoms with Gasteiger partial charge in [-0.2, -0.15) is 0 Å². The molecule has 1 rings (SSSR count). The van der Waals surface area contributed by atoms with Crippen molar-refractivity contribution in [2.45, 2.75) is 6.54 Å². The maximum atomic E-state index is 8.62. The topological polar surface area (TPSA) is 91.4 Å². The largest absolute Gasteiger partial charge is 0.487 e. The zero-order chi connectivity index (χ0) is 11.7. The second-order valence-corrected chi connectivity index (χ2v) is 3.16. The Labute approximate surface area is 97.9 Å². The average Bonchev–Trinajstić information content (AvgIpc) is 2.15. The number of aliphatic hydroxyl groups excluding tert-OH is 2. The highest BCUT2D eigenvalue weighted by atomic mass is 32.1. The van der Waals surface area contributed by atoms with E-state index >= 15 is 0 Å². The molecule has 7 heteroatoms. The van der Waals surface area contributed by atoms with Crippen LogP contribution >= 0.6 is 24.4 Å². The molecule has 0 fully saturated rings. The number of hydrogen-bond donors (Lipinski definition) is 4. The van der Waals surface area contributed by atoms with Crippen molar-refractivity contribution in [2.24, 2.45) is 5.73 Å². The molecule has 1 aromatic rings. The van der Waals surface area contributed by atoms with Crippen LogP contribution in [-0.2, 0) is 6.54 Å². The smallest absolute Gasteiger partial charge is 0.254 e. The number of rotatable bonds is 2. The van der Waals surface area contributed by atoms with Gasteiger partial charge in [0.15, 0.2) is 0 Å². The molecular formula is C8H11N3O2S2. The van der Waals surface area contributed by atoms with Gasteiger partial charge in [-0.15, -0.1) is 0 Å². The standard InChI is InChI=1S/C7H8N2OS.CH3NOS/c10-7(11)9-5-6-1-3-8-4-2-6;2-1(3)4/h1-4H,5H2,(H2,9,10,11);(H3,2,3,4). The molecule has 0 bridgehead atoms. The SMILES string of the molecule is NC(O)=S.OC(=S)NCc1ccncc1. The maximum absolute atomic E-state index is 8.62. The number of hydrogen-bond acceptors (Lipinski definition) is 3. The number of nitrogens with one attached hydrogen (secondary N) is 1. The normalized spacial score (nSPS) is 8.27. The summed E-state index contributed by atoms with van der Waals surface area (Å²) in [4.78, 5) is 3.85. The Morgan fingerprint density at radius 3 is 2.20 bits per heavy atom. The molecule has 0 aliphatic heterocycles. The first kappa shape index (κ1) is 13.5. The van der Waals surface area contributed by atoms with Crippen LogP contribution in [0.1, 0.15) is 5.56 Å². The first-order chi connectivity index (χ1) is 7.02. The zero-order valence-electron chi connectivity index (χ0n) is 7.75. The van der Waals surface area contributed by atoms with E-state index in [1.54, 1.807) is 12.4 Å². The van der Waals surface area contributed by atoms with Gasteiger partial charge < -0.3 is 21.3 Å². The van der Waals surface area contributed by atoms with Crippen molar-refractivity contribution in [2.75, 3.05) is 0 Å². The monoisotopic (exact) mass is 245 g/mol. The molecule has 0 saturated heterocycles. The van der Waals surface area contributed by atoms with Crippen molar-refractivity contribution in [1.82, 2.24) is 10.3 Å². The molecule has 15 heavy (non-hydrogen) atoms. The summed E-state index contributed by atoms with van der Waals surface area (Å²) in [6.07, 6.45) is 3.38. The zero-order valence-corrected chi connectivity index (χ0v) is 9.38. The number of nitrogens with two attached hydrogens (primary N) is 1. The molecule has 0 radical (unpaired) electrons. The van der Waals surface area contributed by atoms with Gasteiger partial charge in [0.25, 0.3) is 10.3 Å². The molecule has 0 spiro atoms. The highest BCUT2D eigenvalue weighted by Gasteiger charge is 1.90. The molecule has 82 valence electrons. The minimum Gasteiger partial charge on any atom is -0.487 e. The maximum Gasteiger partial charge on any atom is 0.254 e. The predicted molar refractivity (Wildman–Crippen MR) is 65.7 cm³/mol. The van der Waals surface area contributed by atoms with Crippen LogP contribution in [0.25, 0.3) is 0 Å². The van der Waals surface area contributed by atoms with E-state index in [9.17, 15) is 0 Å². The second kappa shape index (κ2) is 7.89. The van der Waals surface area contributed by atoms with E-state index in [1.807, 2.05) is 12.1 Å². The Hall–Kier alpha value is -1.47. The van der Waals surface area contributed by atoms with E-state index in [2.05, 4.69) is 40.5 Å². The van der Waals surface area contributed by atoms with Crippen LogP contribution in [0.2, 0.25) is 0 Å². The minimum absolute atomic E-state index is 0.179. The van der Waals surface area contributed by atoms with E-state index in [-0.39, 0.29) is 5.17 Å². The van der Waals surface area contributed by atoms with Gasteiger partial charge in [0.05, 0.1) is 0 Å². The van der Waals surface area contributed by atoms with Gasteiger partial charge in [-0.05, 0) is 42.1 Å². The first-order valence-electron chi connectivity index (χ1n) is 3.86. The lowest BCUT2D eigenvalue weighted by Gasteiger charge is -2.00. The van der Waals surface area contributed by atoms with E-state index in [4.69, 9.17) is 10.2 Å². The molecule has 5 nitrogen and oxygen atoms in total. The number of aliphatic hydroxyl groups is 2. The lowest BCUT2D eigenvalue weighted by Crippen LogP contribution is -2.19. The molecule has 5 N–H and O–H groups in total. The van der Waals surface area contributed by atoms with Crippen LogP contribution in [0.15, 0.2) is 24.5 Å². The third kappa shape index (κ3) is 10.5. The Morgan fingerprint density at radius 1 is 1.33 bits per heavy atom. The van der Waals surface area contributed by atoms with Crippen LogP contribution in [0.5, 0.6) is 0 Å². The molecular weight excluding hydrogens is 234 g/mol. The minimum atomic E-state index is -0.500. The third-order valence-electron chi connectivity index (χ3n) is 1.19. The van der Waals surface area contributed by atoms with Gasteiger partial charge >= 0.3 is 0 Å². The van der Waals surface area contributed by atoms with Crippen molar-refractivity contribution in [3.05, 3.63) is 30.1 Å². The molecule has 0 aliphatic rings. The molecule has 0 unspecified atom stereocenters. The average molecular weight is 245 g/mol. The Balaban J connectivity index is 0.000000423. The lowest BCUT2D eigenvalue weighted by atomic mass is 10.3. The number of pyridine rings is 1. The van der Waals surface area contributed by atoms with Gasteiger partial charge in [-0.1, -0.05) is 0 Å². The highest BCUT2D eigenvalue weighted by Crippen LogP contribution is 1.93. The van der Waals surface area contributed by atoms with Crippen LogP contribution in [-0.4, -0.2) is 25.5 Å². The van der Waals surface area contributed by atoms with Crippen LogP contribution in [0.4, 0.5) is 0 Å². The van der Waals surface area contributed by atoms with Crippen molar-refractivity contribution >= 4 is 34.8 Å². The molecule has 0 atom stereocenters. The summed E-state index contributed by atoms with van der Waals surface area (Å²) in [7, 11) is 0. The highest BCUT2D eigenvalue weighted by molar-refractivity contribution is 7.80. The second-order valence-electron chi connectivity index (χ2n) is 2.35. The Bertz CT molecular complexity index is 315. The van der Waals surface area contributed by atoms with Gasteiger partial charge in [-0.3, -0.25) is 4.98 Å². The lowest BCUT2D eigenvalue weighted by molar-refractivity contribution is 0.530. The molecule has 1 aromatic heterocycles. The van der Waals surface area contributed by atoms with Crippen LogP contribution in [0, 0.1) is 0 Å². The Kier molecular flexibility index (Phi) is 7.12. The van der Waals surface area contributed by atoms with E-state index in [0.717, 1.165) is 5.56 Å². The summed E-state index contributed by atoms with van der Waals surface area (Å²) in [5.74, 6) is 0. The summed E-state index contributed by atoms with van der Waals surface area (Å²) in [5.41, 5.74) is 5.44. The summed E-state index contributed by atoms with van der Waals surface area (Å²) in [5, 5.41) is 18.1. The molecule has 0 amide bonds. The van der Waals surface area contributed by atoms with Crippen molar-refractivity contribution in [3.8, 4) is 0 Å². The summed E-state index contributed by atoms with van der Waals surface area (Å²) < 4.78 is 0. The first-order valence-corrected chi connectivity index (χ1v) is 4.68. The molecule has 1 heterocycles. The summed E-state index contributed by atoms with van der Waals surface area (Å²) in [6, 6.07) is 3.70. The van der Waals surface area contributed by atoms with Crippen molar-refractivity contribution < 1.29 is 10.2 Å². The van der Waals surface area contributed by atoms with Gasteiger partial charge in [0.2, 0.25) is 0 Å². The van der Waals surface area contributed by atoms with E-state index < -0.39 is 5.17 Å². The van der Waals surface area contributed by atoms with Crippen LogP contribution < -0.4 is 11.1 Å². The number of nitrogens with zero attached hydrogens (tertiary/aromatic N) is 1. The predicted octanol–water partition coefficient (Wildman–Crippen LogP) is 0.802. The molecule has 0 saturated carbocycles. The molecule has 0 aliphatic carbocycles. The fourth-order valence-electron chi connectivity index (χ4n) is 0.678. The fraction of sp³-hybridized carbons (Fsp3) is 0.125. The summed E-state index contributed by atoms with van der Waals surface area (Å²) >= 11 is 8.29. The fourth-order valence-corrected chi connectivity index (χ4v) is 0.750. The van der Waals surface area contributed by atoms with Crippen molar-refractivity contribution in [1.29, 1.82) is 0 Å². The summed E-state index contributed by atoms with van der Waals surface area (Å²) in [6.45, 7) is 0.540. The number of aromatic nitrogens is 1. The van der Waals surface area contributed by atoms with Gasteiger partial charge in [0, 0.05) is 18.9 Å². The third-order valence-corrected chi connectivity index (χ3v) is 1.34. The Morgan fingerprint density at radius 2 is 1.80 bits per heavy atom. The van der Waals surface area contributed by atoms with E-state index in [0.29, 0.717) is 6.54 Å². The van der Waals surface area contributed by atoms with Gasteiger partial charge in [0.1, 0.15) is 0 Å². The molecule has 0 aromatic carbocycles. The number of thiocarbonyl (C=S) groups is 2.